The summed E-state index contributed by atoms with van der Waals surface area (Å²) in [5, 5.41) is 23.8. The van der Waals surface area contributed by atoms with Crippen LogP contribution in [0, 0.1) is 5.92 Å². The zero-order chi connectivity index (χ0) is 18.2. The molecule has 2 N–H and O–H groups in total. The maximum Gasteiger partial charge on any atom is 1.00 e. The quantitative estimate of drug-likeness (QED) is 0.179. The third-order valence-electron chi connectivity index (χ3n) is 4.01. The maximum atomic E-state index is 11.7. The number of aliphatic carboxylic acids is 1. The third kappa shape index (κ3) is 18.5. The topological polar surface area (TPSA) is 84.8 Å². The molecule has 0 aliphatic heterocycles. The van der Waals surface area contributed by atoms with E-state index in [0.29, 0.717) is 6.42 Å². The number of carboxylic acids is 1. The SMILES string of the molecule is CCCCCCCCCCCNCC([O-])=N[C@@H](CC(C)C)C(=O)O.[Na+]. The number of carboxylic acid groups (broad SMARTS) is 1. The Kier molecular flexibility index (Phi) is 20.3. The standard InChI is InChI=1S/C19H38N2O3.Na/c1-4-5-6-7-8-9-10-11-12-13-20-15-18(22)21-17(19(23)24)14-16(2)3;/h16-17,20H,4-15H2,1-3H3,(H,21,22)(H,23,24);/q;+1/p-1/t17-;/m0./s1. The van der Waals surface area contributed by atoms with Crippen LogP contribution >= 0.6 is 0 Å². The van der Waals surface area contributed by atoms with Crippen molar-refractivity contribution in [3.8, 4) is 0 Å². The number of nitrogens with one attached hydrogen (secondary N) is 1. The van der Waals surface area contributed by atoms with E-state index in [4.69, 9.17) is 5.11 Å². The van der Waals surface area contributed by atoms with E-state index in [1.165, 1.54) is 51.4 Å². The van der Waals surface area contributed by atoms with Crippen molar-refractivity contribution in [2.75, 3.05) is 13.1 Å². The number of hydrogen-bond acceptors (Lipinski definition) is 4. The number of aliphatic imine (C=N–C) groups is 1. The van der Waals surface area contributed by atoms with Crippen molar-refractivity contribution < 1.29 is 44.6 Å². The smallest absolute Gasteiger partial charge is 0.861 e. The number of hydrogen-bond donors (Lipinski definition) is 2. The Balaban J connectivity index is 0. The molecule has 0 heterocycles. The average molecular weight is 365 g/mol. The minimum atomic E-state index is -1.02. The minimum Gasteiger partial charge on any atom is -0.861 e. The summed E-state index contributed by atoms with van der Waals surface area (Å²) < 4.78 is 0. The van der Waals surface area contributed by atoms with Crippen LogP contribution in [-0.2, 0) is 4.79 Å². The predicted octanol–water partition coefficient (Wildman–Crippen LogP) is 0.369. The maximum absolute atomic E-state index is 11.7. The summed E-state index contributed by atoms with van der Waals surface area (Å²) in [5.74, 6) is -1.17. The van der Waals surface area contributed by atoms with Crippen molar-refractivity contribution in [1.29, 1.82) is 0 Å². The van der Waals surface area contributed by atoms with Crippen molar-refractivity contribution in [1.82, 2.24) is 5.32 Å². The largest absolute Gasteiger partial charge is 1.00 e. The van der Waals surface area contributed by atoms with Gasteiger partial charge in [-0.15, -0.1) is 0 Å². The molecule has 142 valence electrons. The molecule has 0 radical (unpaired) electrons. The summed E-state index contributed by atoms with van der Waals surface area (Å²) in [4.78, 5) is 14.9. The fourth-order valence-electron chi connectivity index (χ4n) is 2.63. The van der Waals surface area contributed by atoms with Crippen LogP contribution in [0.15, 0.2) is 4.99 Å². The molecule has 0 aliphatic rings. The van der Waals surface area contributed by atoms with E-state index in [2.05, 4.69) is 17.2 Å². The van der Waals surface area contributed by atoms with Crippen molar-refractivity contribution in [2.45, 2.75) is 91.0 Å². The summed E-state index contributed by atoms with van der Waals surface area (Å²) in [6, 6.07) is -0.910. The van der Waals surface area contributed by atoms with Gasteiger partial charge < -0.3 is 15.5 Å². The normalized spacial score (nSPS) is 12.9. The van der Waals surface area contributed by atoms with Gasteiger partial charge in [0.2, 0.25) is 0 Å². The molecule has 0 aromatic carbocycles. The number of unbranched alkanes of at least 4 members (excludes halogenated alkanes) is 8. The predicted molar refractivity (Wildman–Crippen MR) is 98.4 cm³/mol. The first-order valence-electron chi connectivity index (χ1n) is 9.64. The zero-order valence-electron chi connectivity index (χ0n) is 16.9. The minimum absolute atomic E-state index is 0. The second-order valence-corrected chi connectivity index (χ2v) is 7.01. The van der Waals surface area contributed by atoms with Gasteiger partial charge in [-0.1, -0.05) is 72.1 Å². The average Bonchev–Trinajstić information content (AvgIpc) is 2.51. The van der Waals surface area contributed by atoms with E-state index in [-0.39, 0.29) is 47.9 Å². The van der Waals surface area contributed by atoms with Gasteiger partial charge in [-0.05, 0) is 31.2 Å². The second-order valence-electron chi connectivity index (χ2n) is 7.01. The molecule has 0 unspecified atom stereocenters. The first kappa shape index (κ1) is 27.1. The fourth-order valence-corrected chi connectivity index (χ4v) is 2.63. The number of carbonyl (C=O) groups is 1. The van der Waals surface area contributed by atoms with Gasteiger partial charge >= 0.3 is 35.5 Å². The Hall–Kier alpha value is -0.100. The second kappa shape index (κ2) is 18.7. The molecule has 5 nitrogen and oxygen atoms in total. The van der Waals surface area contributed by atoms with Gasteiger partial charge in [-0.2, -0.15) is 0 Å². The first-order chi connectivity index (χ1) is 11.5. The molecule has 6 heteroatoms. The van der Waals surface area contributed by atoms with Crippen LogP contribution in [-0.4, -0.2) is 36.1 Å². The van der Waals surface area contributed by atoms with Crippen LogP contribution in [0.5, 0.6) is 0 Å². The van der Waals surface area contributed by atoms with E-state index >= 15 is 0 Å². The van der Waals surface area contributed by atoms with Gasteiger partial charge in [-0.25, -0.2) is 4.79 Å². The molecule has 1 atom stereocenters. The van der Waals surface area contributed by atoms with Crippen molar-refractivity contribution in [3.05, 3.63) is 0 Å². The molecule has 0 aliphatic carbocycles. The zero-order valence-corrected chi connectivity index (χ0v) is 18.9. The molecule has 0 amide bonds. The summed E-state index contributed by atoms with van der Waals surface area (Å²) in [6.45, 7) is 7.02. The summed E-state index contributed by atoms with van der Waals surface area (Å²) in [6.07, 6.45) is 11.9. The fraction of sp³-hybridized carbons (Fsp3) is 0.895. The van der Waals surface area contributed by atoms with E-state index in [1.807, 2.05) is 13.8 Å². The van der Waals surface area contributed by atoms with Crippen molar-refractivity contribution >= 4 is 11.9 Å². The van der Waals surface area contributed by atoms with Crippen LogP contribution in [0.1, 0.15) is 85.0 Å². The van der Waals surface area contributed by atoms with E-state index in [9.17, 15) is 9.90 Å². The molecular weight excluding hydrogens is 327 g/mol. The van der Waals surface area contributed by atoms with Gasteiger partial charge in [0.05, 0.1) is 0 Å². The van der Waals surface area contributed by atoms with Gasteiger partial charge in [0.1, 0.15) is 6.04 Å². The Labute approximate surface area is 176 Å². The molecule has 0 fully saturated rings. The Bertz CT molecular complexity index is 350. The molecule has 0 aromatic rings. The van der Waals surface area contributed by atoms with Crippen molar-refractivity contribution in [2.24, 2.45) is 10.9 Å². The van der Waals surface area contributed by atoms with Crippen LogP contribution in [0.3, 0.4) is 0 Å². The number of nitrogens with zero attached hydrogens (tertiary/aromatic N) is 1. The van der Waals surface area contributed by atoms with E-state index < -0.39 is 12.0 Å². The van der Waals surface area contributed by atoms with Gasteiger partial charge in [-0.3, -0.25) is 4.99 Å². The summed E-state index contributed by atoms with van der Waals surface area (Å²) >= 11 is 0. The molecule has 0 rings (SSSR count). The van der Waals surface area contributed by atoms with Crippen molar-refractivity contribution in [3.63, 3.8) is 0 Å². The Morgan fingerprint density at radius 2 is 1.56 bits per heavy atom. The van der Waals surface area contributed by atoms with Gasteiger partial charge in [0, 0.05) is 6.54 Å². The van der Waals surface area contributed by atoms with Crippen LogP contribution in [0.2, 0.25) is 0 Å². The Morgan fingerprint density at radius 3 is 2.04 bits per heavy atom. The summed E-state index contributed by atoms with van der Waals surface area (Å²) in [5.41, 5.74) is 0. The third-order valence-corrected chi connectivity index (χ3v) is 4.01. The molecule has 0 saturated carbocycles. The molecule has 0 spiro atoms. The molecule has 0 bridgehead atoms. The monoisotopic (exact) mass is 364 g/mol. The number of rotatable bonds is 16. The summed E-state index contributed by atoms with van der Waals surface area (Å²) in [7, 11) is 0. The van der Waals surface area contributed by atoms with Gasteiger partial charge in [0.15, 0.2) is 0 Å². The van der Waals surface area contributed by atoms with E-state index in [1.54, 1.807) is 0 Å². The Morgan fingerprint density at radius 1 is 1.04 bits per heavy atom. The van der Waals surface area contributed by atoms with Crippen LogP contribution in [0.4, 0.5) is 0 Å². The molecular formula is C19H37N2NaO3. The van der Waals surface area contributed by atoms with Crippen LogP contribution in [0.25, 0.3) is 0 Å². The van der Waals surface area contributed by atoms with E-state index in [0.717, 1.165) is 13.0 Å². The first-order valence-corrected chi connectivity index (χ1v) is 9.64. The van der Waals surface area contributed by atoms with Gasteiger partial charge in [0.25, 0.3) is 0 Å². The molecule has 0 saturated heterocycles. The molecule has 0 aromatic heterocycles. The molecule has 25 heavy (non-hydrogen) atoms. The van der Waals surface area contributed by atoms with Crippen LogP contribution < -0.4 is 40.0 Å².